The van der Waals surface area contributed by atoms with Gasteiger partial charge in [-0.15, -0.1) is 0 Å². The highest BCUT2D eigenvalue weighted by Gasteiger charge is 2.08. The third-order valence-corrected chi connectivity index (χ3v) is 3.33. The Hall–Kier alpha value is -1.19. The summed E-state index contributed by atoms with van der Waals surface area (Å²) in [6.07, 6.45) is 0. The second-order valence-corrected chi connectivity index (χ2v) is 4.40. The molecule has 1 aromatic heterocycles. The third-order valence-electron chi connectivity index (χ3n) is 2.59. The number of aromatic nitrogens is 2. The highest BCUT2D eigenvalue weighted by Crippen LogP contribution is 2.24. The Balaban J connectivity index is 2.63. The predicted octanol–water partition coefficient (Wildman–Crippen LogP) is 3.09. The second-order valence-electron chi connectivity index (χ2n) is 3.59. The molecule has 1 heterocycles. The van der Waals surface area contributed by atoms with E-state index in [1.54, 1.807) is 29.8 Å². The van der Waals surface area contributed by atoms with Crippen molar-refractivity contribution in [3.05, 3.63) is 49.9 Å². The summed E-state index contributed by atoms with van der Waals surface area (Å²) in [6.45, 7) is 3.65. The van der Waals surface area contributed by atoms with E-state index in [9.17, 15) is 4.79 Å². The molecule has 0 atom stereocenters. The fraction of sp³-hybridized carbons (Fsp3) is 0.182. The molecular weight excluding hydrogens is 247 g/mol. The zero-order chi connectivity index (χ0) is 11.9. The number of nitrogens with zero attached hydrogens (tertiary/aromatic N) is 1. The third kappa shape index (κ3) is 1.77. The molecule has 0 fully saturated rings. The Morgan fingerprint density at radius 1 is 1.19 bits per heavy atom. The molecule has 0 bridgehead atoms. The lowest BCUT2D eigenvalue weighted by Gasteiger charge is -2.06. The number of hydrogen-bond donors (Lipinski definition) is 1. The average molecular weight is 257 g/mol. The number of hydrogen-bond acceptors (Lipinski definition) is 1. The molecule has 0 aliphatic rings. The van der Waals surface area contributed by atoms with Crippen molar-refractivity contribution < 1.29 is 0 Å². The van der Waals surface area contributed by atoms with Crippen molar-refractivity contribution >= 4 is 23.2 Å². The van der Waals surface area contributed by atoms with Crippen molar-refractivity contribution in [2.24, 2.45) is 0 Å². The summed E-state index contributed by atoms with van der Waals surface area (Å²) in [5, 5.41) is 3.69. The number of halogens is 2. The summed E-state index contributed by atoms with van der Waals surface area (Å²) in [7, 11) is 0. The Morgan fingerprint density at radius 2 is 1.88 bits per heavy atom. The van der Waals surface area contributed by atoms with Gasteiger partial charge in [0.1, 0.15) is 0 Å². The molecule has 0 spiro atoms. The van der Waals surface area contributed by atoms with E-state index in [1.165, 1.54) is 0 Å². The Bertz CT molecular complexity index is 599. The van der Waals surface area contributed by atoms with Crippen LogP contribution in [0.3, 0.4) is 0 Å². The number of aromatic amines is 1. The number of H-pyrrole nitrogens is 1. The smallest absolute Gasteiger partial charge is 0.267 e. The van der Waals surface area contributed by atoms with Crippen LogP contribution in [0.5, 0.6) is 0 Å². The molecule has 2 rings (SSSR count). The molecule has 0 aliphatic heterocycles. The molecule has 0 saturated carbocycles. The number of benzene rings is 1. The topological polar surface area (TPSA) is 37.8 Å². The maximum Gasteiger partial charge on any atom is 0.267 e. The minimum atomic E-state index is -0.0939. The molecule has 16 heavy (non-hydrogen) atoms. The maximum absolute atomic E-state index is 11.5. The minimum Gasteiger partial charge on any atom is -0.268 e. The average Bonchev–Trinajstić information content (AvgIpc) is 2.50. The first-order valence-electron chi connectivity index (χ1n) is 4.74. The molecule has 0 amide bonds. The van der Waals surface area contributed by atoms with Crippen LogP contribution in [0, 0.1) is 13.8 Å². The first-order valence-corrected chi connectivity index (χ1v) is 5.50. The van der Waals surface area contributed by atoms with Gasteiger partial charge in [0, 0.05) is 11.3 Å². The molecular formula is C11H10Cl2N2O. The van der Waals surface area contributed by atoms with Crippen molar-refractivity contribution in [2.45, 2.75) is 13.8 Å². The standard InChI is InChI=1S/C11H10Cl2N2O/c1-6-7(2)15(14-11(6)16)8-3-4-9(12)10(13)5-8/h3-5H,1-2H3,(H,14,16). The van der Waals surface area contributed by atoms with Gasteiger partial charge in [-0.1, -0.05) is 23.2 Å². The highest BCUT2D eigenvalue weighted by atomic mass is 35.5. The Kier molecular flexibility index (Phi) is 2.82. The van der Waals surface area contributed by atoms with Crippen LogP contribution in [0.25, 0.3) is 5.69 Å². The van der Waals surface area contributed by atoms with Gasteiger partial charge in [0.15, 0.2) is 0 Å². The fourth-order valence-electron chi connectivity index (χ4n) is 1.48. The minimum absolute atomic E-state index is 0.0939. The van der Waals surface area contributed by atoms with Crippen LogP contribution >= 0.6 is 23.2 Å². The summed E-state index contributed by atoms with van der Waals surface area (Å²) >= 11 is 11.8. The van der Waals surface area contributed by atoms with Gasteiger partial charge in [0.2, 0.25) is 0 Å². The van der Waals surface area contributed by atoms with Gasteiger partial charge < -0.3 is 0 Å². The summed E-state index contributed by atoms with van der Waals surface area (Å²) < 4.78 is 1.69. The molecule has 2 aromatic rings. The van der Waals surface area contributed by atoms with E-state index in [2.05, 4.69) is 5.10 Å². The van der Waals surface area contributed by atoms with Crippen LogP contribution in [0.4, 0.5) is 0 Å². The predicted molar refractivity (Wildman–Crippen MR) is 65.9 cm³/mol. The van der Waals surface area contributed by atoms with Gasteiger partial charge in [0.25, 0.3) is 5.56 Å². The zero-order valence-electron chi connectivity index (χ0n) is 8.84. The van der Waals surface area contributed by atoms with E-state index in [0.717, 1.165) is 11.4 Å². The monoisotopic (exact) mass is 256 g/mol. The van der Waals surface area contributed by atoms with E-state index in [0.29, 0.717) is 15.6 Å². The lowest BCUT2D eigenvalue weighted by atomic mass is 10.2. The summed E-state index contributed by atoms with van der Waals surface area (Å²) in [5.41, 5.74) is 2.26. The van der Waals surface area contributed by atoms with Crippen molar-refractivity contribution in [3.8, 4) is 5.69 Å². The lowest BCUT2D eigenvalue weighted by molar-refractivity contribution is 0.834. The van der Waals surface area contributed by atoms with Crippen molar-refractivity contribution in [2.75, 3.05) is 0 Å². The largest absolute Gasteiger partial charge is 0.268 e. The number of nitrogens with one attached hydrogen (secondary N) is 1. The lowest BCUT2D eigenvalue weighted by Crippen LogP contribution is -2.05. The summed E-state index contributed by atoms with van der Waals surface area (Å²) in [6, 6.07) is 5.22. The molecule has 0 aliphatic carbocycles. The molecule has 5 heteroatoms. The van der Waals surface area contributed by atoms with Gasteiger partial charge in [-0.3, -0.25) is 14.6 Å². The summed E-state index contributed by atoms with van der Waals surface area (Å²) in [5.74, 6) is 0. The van der Waals surface area contributed by atoms with Crippen molar-refractivity contribution in [1.29, 1.82) is 0 Å². The summed E-state index contributed by atoms with van der Waals surface area (Å²) in [4.78, 5) is 11.5. The molecule has 0 radical (unpaired) electrons. The van der Waals surface area contributed by atoms with Crippen LogP contribution in [0.2, 0.25) is 10.0 Å². The van der Waals surface area contributed by atoms with E-state index < -0.39 is 0 Å². The van der Waals surface area contributed by atoms with Gasteiger partial charge in [0.05, 0.1) is 15.7 Å². The molecule has 84 valence electrons. The highest BCUT2D eigenvalue weighted by molar-refractivity contribution is 6.42. The Labute approximate surface area is 103 Å². The molecule has 0 unspecified atom stereocenters. The van der Waals surface area contributed by atoms with E-state index in [4.69, 9.17) is 23.2 Å². The van der Waals surface area contributed by atoms with Crippen LogP contribution in [-0.4, -0.2) is 9.78 Å². The quantitative estimate of drug-likeness (QED) is 0.837. The normalized spacial score (nSPS) is 10.8. The number of rotatable bonds is 1. The van der Waals surface area contributed by atoms with Crippen molar-refractivity contribution in [3.63, 3.8) is 0 Å². The first-order chi connectivity index (χ1) is 7.50. The van der Waals surface area contributed by atoms with Crippen LogP contribution in [0.15, 0.2) is 23.0 Å². The van der Waals surface area contributed by atoms with E-state index in [1.807, 2.05) is 6.92 Å². The van der Waals surface area contributed by atoms with E-state index in [-0.39, 0.29) is 5.56 Å². The fourth-order valence-corrected chi connectivity index (χ4v) is 1.78. The maximum atomic E-state index is 11.5. The van der Waals surface area contributed by atoms with Crippen LogP contribution in [0.1, 0.15) is 11.3 Å². The zero-order valence-corrected chi connectivity index (χ0v) is 10.4. The van der Waals surface area contributed by atoms with E-state index >= 15 is 0 Å². The van der Waals surface area contributed by atoms with Gasteiger partial charge in [-0.25, -0.2) is 0 Å². The van der Waals surface area contributed by atoms with Gasteiger partial charge >= 0.3 is 0 Å². The second kappa shape index (κ2) is 4.00. The molecule has 3 nitrogen and oxygen atoms in total. The van der Waals surface area contributed by atoms with Crippen LogP contribution in [-0.2, 0) is 0 Å². The van der Waals surface area contributed by atoms with Gasteiger partial charge in [-0.2, -0.15) is 0 Å². The van der Waals surface area contributed by atoms with Crippen molar-refractivity contribution in [1.82, 2.24) is 9.78 Å². The first kappa shape index (κ1) is 11.3. The molecule has 1 N–H and O–H groups in total. The molecule has 1 aromatic carbocycles. The Morgan fingerprint density at radius 3 is 2.38 bits per heavy atom. The van der Waals surface area contributed by atoms with Gasteiger partial charge in [-0.05, 0) is 32.0 Å². The molecule has 0 saturated heterocycles. The van der Waals surface area contributed by atoms with Crippen LogP contribution < -0.4 is 5.56 Å². The SMILES string of the molecule is Cc1c(C)n(-c2ccc(Cl)c(Cl)c2)[nH]c1=O.